The molecular formula is C20H31N3O2S. The monoisotopic (exact) mass is 377 g/mol. The summed E-state index contributed by atoms with van der Waals surface area (Å²) >= 11 is 0. The fraction of sp³-hybridized carbons (Fsp3) is 0.600. The Balaban J connectivity index is 1.73. The Bertz CT molecular complexity index is 808. The fourth-order valence-electron chi connectivity index (χ4n) is 3.71. The van der Waals surface area contributed by atoms with Gasteiger partial charge in [-0.15, -0.1) is 0 Å². The molecule has 1 fully saturated rings. The Morgan fingerprint density at radius 1 is 1.00 bits per heavy atom. The van der Waals surface area contributed by atoms with E-state index in [1.54, 1.807) is 6.20 Å². The normalized spacial score (nSPS) is 15.7. The standard InChI is InChI=1S/C20H31N3O2S/c1-2-3-4-5-6-7-17-26(24,25)23-14-11-18-19(9-8-10-20(18)23)22-15-12-21-13-16-22/h8-11,14,21H,2-7,12-13,15-17H2,1H3. The number of hydrogen-bond donors (Lipinski definition) is 1. The number of benzene rings is 1. The van der Waals surface area contributed by atoms with E-state index in [1.807, 2.05) is 18.2 Å². The molecule has 1 aromatic heterocycles. The largest absolute Gasteiger partial charge is 0.368 e. The van der Waals surface area contributed by atoms with E-state index >= 15 is 0 Å². The molecule has 1 aliphatic heterocycles. The van der Waals surface area contributed by atoms with Crippen LogP contribution in [0.25, 0.3) is 10.9 Å². The quantitative estimate of drug-likeness (QED) is 0.679. The summed E-state index contributed by atoms with van der Waals surface area (Å²) in [5.41, 5.74) is 1.93. The van der Waals surface area contributed by atoms with Crippen LogP contribution in [0.1, 0.15) is 45.4 Å². The van der Waals surface area contributed by atoms with Gasteiger partial charge in [0.05, 0.1) is 11.3 Å². The zero-order valence-corrected chi connectivity index (χ0v) is 16.6. The third kappa shape index (κ3) is 4.41. The highest BCUT2D eigenvalue weighted by atomic mass is 32.2. The highest BCUT2D eigenvalue weighted by Crippen LogP contribution is 2.29. The van der Waals surface area contributed by atoms with Gasteiger partial charge in [0.25, 0.3) is 0 Å². The third-order valence-corrected chi connectivity index (χ3v) is 6.91. The molecule has 5 nitrogen and oxygen atoms in total. The van der Waals surface area contributed by atoms with Crippen molar-refractivity contribution in [2.75, 3.05) is 36.8 Å². The SMILES string of the molecule is CCCCCCCCS(=O)(=O)n1ccc2c(N3CCNCC3)cccc21. The number of rotatable bonds is 9. The zero-order chi connectivity index (χ0) is 18.4. The van der Waals surface area contributed by atoms with Gasteiger partial charge in [0, 0.05) is 43.4 Å². The Labute approximate surface area is 157 Å². The van der Waals surface area contributed by atoms with E-state index in [0.717, 1.165) is 62.0 Å². The average Bonchev–Trinajstić information content (AvgIpc) is 3.10. The molecule has 0 amide bonds. The third-order valence-electron chi connectivity index (χ3n) is 5.19. The summed E-state index contributed by atoms with van der Waals surface area (Å²) in [5.74, 6) is 0.223. The van der Waals surface area contributed by atoms with Crippen LogP contribution in [-0.4, -0.2) is 44.3 Å². The molecule has 1 aromatic carbocycles. The lowest BCUT2D eigenvalue weighted by atomic mass is 10.1. The van der Waals surface area contributed by atoms with Gasteiger partial charge in [0.15, 0.2) is 0 Å². The van der Waals surface area contributed by atoms with Crippen molar-refractivity contribution in [3.63, 3.8) is 0 Å². The van der Waals surface area contributed by atoms with Crippen LogP contribution in [0, 0.1) is 0 Å². The van der Waals surface area contributed by atoms with Crippen molar-refractivity contribution in [1.82, 2.24) is 9.29 Å². The molecule has 1 aliphatic rings. The minimum absolute atomic E-state index is 0.223. The van der Waals surface area contributed by atoms with E-state index in [-0.39, 0.29) is 5.75 Å². The van der Waals surface area contributed by atoms with Crippen LogP contribution in [0.3, 0.4) is 0 Å². The lowest BCUT2D eigenvalue weighted by molar-refractivity contribution is 0.577. The van der Waals surface area contributed by atoms with Crippen molar-refractivity contribution in [2.45, 2.75) is 45.4 Å². The molecule has 0 bridgehead atoms. The second-order valence-electron chi connectivity index (χ2n) is 7.14. The maximum Gasteiger partial charge on any atom is 0.238 e. The minimum Gasteiger partial charge on any atom is -0.368 e. The van der Waals surface area contributed by atoms with Crippen molar-refractivity contribution < 1.29 is 8.42 Å². The first-order valence-corrected chi connectivity index (χ1v) is 11.5. The van der Waals surface area contributed by atoms with Gasteiger partial charge in [0.2, 0.25) is 10.0 Å². The van der Waals surface area contributed by atoms with Crippen LogP contribution in [0.15, 0.2) is 30.5 Å². The molecule has 6 heteroatoms. The number of fused-ring (bicyclic) bond motifs is 1. The van der Waals surface area contributed by atoms with Gasteiger partial charge in [-0.05, 0) is 24.6 Å². The van der Waals surface area contributed by atoms with Crippen LogP contribution in [0.4, 0.5) is 5.69 Å². The first-order valence-electron chi connectivity index (χ1n) is 9.92. The second-order valence-corrected chi connectivity index (χ2v) is 9.11. The molecule has 0 unspecified atom stereocenters. The second kappa shape index (κ2) is 8.91. The molecule has 2 heterocycles. The molecule has 144 valence electrons. The number of anilines is 1. The Kier molecular flexibility index (Phi) is 6.59. The molecule has 2 aromatic rings. The number of aromatic nitrogens is 1. The predicted molar refractivity (Wildman–Crippen MR) is 110 cm³/mol. The van der Waals surface area contributed by atoms with E-state index < -0.39 is 10.0 Å². The van der Waals surface area contributed by atoms with E-state index in [2.05, 4.69) is 23.2 Å². The molecule has 3 rings (SSSR count). The number of piperazine rings is 1. The Morgan fingerprint density at radius 2 is 1.73 bits per heavy atom. The van der Waals surface area contributed by atoms with Crippen LogP contribution >= 0.6 is 0 Å². The van der Waals surface area contributed by atoms with Gasteiger partial charge in [-0.1, -0.05) is 45.1 Å². The number of nitrogens with one attached hydrogen (secondary N) is 1. The van der Waals surface area contributed by atoms with Gasteiger partial charge in [0.1, 0.15) is 0 Å². The van der Waals surface area contributed by atoms with Crippen molar-refractivity contribution in [1.29, 1.82) is 0 Å². The van der Waals surface area contributed by atoms with Crippen LogP contribution < -0.4 is 10.2 Å². The summed E-state index contributed by atoms with van der Waals surface area (Å²) in [7, 11) is -3.30. The van der Waals surface area contributed by atoms with Gasteiger partial charge in [-0.2, -0.15) is 0 Å². The molecule has 0 saturated carbocycles. The summed E-state index contributed by atoms with van der Waals surface area (Å²) in [6.07, 6.45) is 8.24. The van der Waals surface area contributed by atoms with E-state index in [0.29, 0.717) is 0 Å². The number of unbranched alkanes of at least 4 members (excludes halogenated alkanes) is 5. The lowest BCUT2D eigenvalue weighted by Crippen LogP contribution is -2.43. The Morgan fingerprint density at radius 3 is 2.50 bits per heavy atom. The first-order chi connectivity index (χ1) is 12.6. The first kappa shape index (κ1) is 19.2. The summed E-state index contributed by atoms with van der Waals surface area (Å²) in [5, 5.41) is 4.39. The summed E-state index contributed by atoms with van der Waals surface area (Å²) in [4.78, 5) is 2.34. The van der Waals surface area contributed by atoms with Crippen LogP contribution in [0.2, 0.25) is 0 Å². The van der Waals surface area contributed by atoms with E-state index in [4.69, 9.17) is 0 Å². The molecule has 0 atom stereocenters. The predicted octanol–water partition coefficient (Wildman–Crippen LogP) is 3.59. The lowest BCUT2D eigenvalue weighted by Gasteiger charge is -2.30. The van der Waals surface area contributed by atoms with Crippen LogP contribution in [0.5, 0.6) is 0 Å². The highest BCUT2D eigenvalue weighted by Gasteiger charge is 2.19. The molecule has 0 aliphatic carbocycles. The highest BCUT2D eigenvalue weighted by molar-refractivity contribution is 7.90. The molecule has 1 saturated heterocycles. The molecule has 26 heavy (non-hydrogen) atoms. The van der Waals surface area contributed by atoms with Crippen LogP contribution in [-0.2, 0) is 10.0 Å². The molecule has 1 N–H and O–H groups in total. The van der Waals surface area contributed by atoms with E-state index in [9.17, 15) is 8.42 Å². The summed E-state index contributed by atoms with van der Waals surface area (Å²) in [6.45, 7) is 6.03. The van der Waals surface area contributed by atoms with Gasteiger partial charge in [-0.3, -0.25) is 0 Å². The smallest absolute Gasteiger partial charge is 0.238 e. The summed E-state index contributed by atoms with van der Waals surface area (Å²) < 4.78 is 27.1. The van der Waals surface area contributed by atoms with Gasteiger partial charge < -0.3 is 10.2 Å². The van der Waals surface area contributed by atoms with Gasteiger partial charge >= 0.3 is 0 Å². The maximum atomic E-state index is 12.8. The average molecular weight is 378 g/mol. The summed E-state index contributed by atoms with van der Waals surface area (Å²) in [6, 6.07) is 7.93. The molecule has 0 spiro atoms. The van der Waals surface area contributed by atoms with E-state index in [1.165, 1.54) is 23.2 Å². The number of nitrogens with zero attached hydrogens (tertiary/aromatic N) is 2. The fourth-order valence-corrected chi connectivity index (χ4v) is 5.18. The van der Waals surface area contributed by atoms with Crippen molar-refractivity contribution in [3.05, 3.63) is 30.5 Å². The number of hydrogen-bond acceptors (Lipinski definition) is 4. The van der Waals surface area contributed by atoms with Crippen molar-refractivity contribution in [3.8, 4) is 0 Å². The molecule has 0 radical (unpaired) electrons. The zero-order valence-electron chi connectivity index (χ0n) is 15.8. The topological polar surface area (TPSA) is 54.3 Å². The van der Waals surface area contributed by atoms with Gasteiger partial charge in [-0.25, -0.2) is 12.4 Å². The minimum atomic E-state index is -3.30. The Hall–Kier alpha value is -1.53. The van der Waals surface area contributed by atoms with Crippen molar-refractivity contribution >= 4 is 26.6 Å². The molecular weight excluding hydrogens is 346 g/mol. The maximum absolute atomic E-state index is 12.8. The van der Waals surface area contributed by atoms with Crippen molar-refractivity contribution in [2.24, 2.45) is 0 Å².